The Morgan fingerprint density at radius 1 is 1.44 bits per heavy atom. The summed E-state index contributed by atoms with van der Waals surface area (Å²) >= 11 is 0. The lowest BCUT2D eigenvalue weighted by atomic mass is 10.2. The normalized spacial score (nSPS) is 12.1. The van der Waals surface area contributed by atoms with Crippen molar-refractivity contribution in [2.24, 2.45) is 0 Å². The van der Waals surface area contributed by atoms with E-state index in [9.17, 15) is 4.79 Å². The Hall–Kier alpha value is -1.55. The molecule has 0 radical (unpaired) electrons. The molecule has 88 valence electrons. The number of carboxylic acids is 1. The summed E-state index contributed by atoms with van der Waals surface area (Å²) in [6.45, 7) is 4.81. The van der Waals surface area contributed by atoms with E-state index >= 15 is 0 Å². The highest BCUT2D eigenvalue weighted by molar-refractivity contribution is 5.90. The SMILES string of the molecule is CCOCC(C)Oc1ccccc1C(=O)O. The van der Waals surface area contributed by atoms with Gasteiger partial charge in [0.15, 0.2) is 0 Å². The number of carbonyl (C=O) groups is 1. The molecule has 0 spiro atoms. The second kappa shape index (κ2) is 6.12. The second-order valence-electron chi connectivity index (χ2n) is 3.39. The van der Waals surface area contributed by atoms with E-state index in [0.29, 0.717) is 19.0 Å². The smallest absolute Gasteiger partial charge is 0.339 e. The van der Waals surface area contributed by atoms with Crippen LogP contribution in [0, 0.1) is 0 Å². The highest BCUT2D eigenvalue weighted by Gasteiger charge is 2.12. The molecule has 0 amide bonds. The molecule has 1 aromatic carbocycles. The van der Waals surface area contributed by atoms with Gasteiger partial charge in [-0.15, -0.1) is 0 Å². The van der Waals surface area contributed by atoms with E-state index in [0.717, 1.165) is 0 Å². The van der Waals surface area contributed by atoms with E-state index in [4.69, 9.17) is 14.6 Å². The summed E-state index contributed by atoms with van der Waals surface area (Å²) in [5.74, 6) is -0.610. The van der Waals surface area contributed by atoms with E-state index in [1.165, 1.54) is 6.07 Å². The Balaban J connectivity index is 2.69. The molecule has 0 aliphatic rings. The average molecular weight is 224 g/mol. The molecule has 0 heterocycles. The molecular formula is C12H16O4. The van der Waals surface area contributed by atoms with Crippen LogP contribution in [0.1, 0.15) is 24.2 Å². The lowest BCUT2D eigenvalue weighted by Gasteiger charge is -2.15. The summed E-state index contributed by atoms with van der Waals surface area (Å²) in [6.07, 6.45) is -0.166. The van der Waals surface area contributed by atoms with Gasteiger partial charge in [0, 0.05) is 6.61 Å². The van der Waals surface area contributed by atoms with Crippen LogP contribution in [0.3, 0.4) is 0 Å². The molecule has 1 rings (SSSR count). The first-order valence-electron chi connectivity index (χ1n) is 5.21. The predicted molar refractivity (Wildman–Crippen MR) is 60.0 cm³/mol. The summed E-state index contributed by atoms with van der Waals surface area (Å²) in [4.78, 5) is 10.9. The fourth-order valence-corrected chi connectivity index (χ4v) is 1.28. The van der Waals surface area contributed by atoms with Crippen LogP contribution >= 0.6 is 0 Å². The maximum absolute atomic E-state index is 10.9. The molecule has 0 saturated heterocycles. The molecule has 0 saturated carbocycles. The van der Waals surface area contributed by atoms with E-state index in [1.54, 1.807) is 18.2 Å². The third kappa shape index (κ3) is 3.55. The van der Waals surface area contributed by atoms with Crippen molar-refractivity contribution >= 4 is 5.97 Å². The lowest BCUT2D eigenvalue weighted by Crippen LogP contribution is -2.20. The minimum Gasteiger partial charge on any atom is -0.487 e. The highest BCUT2D eigenvalue weighted by Crippen LogP contribution is 2.19. The topological polar surface area (TPSA) is 55.8 Å². The zero-order chi connectivity index (χ0) is 12.0. The van der Waals surface area contributed by atoms with Crippen molar-refractivity contribution in [1.29, 1.82) is 0 Å². The van der Waals surface area contributed by atoms with Crippen LogP contribution in [-0.4, -0.2) is 30.4 Å². The van der Waals surface area contributed by atoms with Crippen molar-refractivity contribution in [3.05, 3.63) is 29.8 Å². The van der Waals surface area contributed by atoms with Crippen LogP contribution in [-0.2, 0) is 4.74 Å². The van der Waals surface area contributed by atoms with E-state index in [-0.39, 0.29) is 11.7 Å². The molecule has 16 heavy (non-hydrogen) atoms. The average Bonchev–Trinajstić information content (AvgIpc) is 2.27. The Labute approximate surface area is 94.8 Å². The van der Waals surface area contributed by atoms with Gasteiger partial charge in [0.2, 0.25) is 0 Å². The Bertz CT molecular complexity index is 349. The molecule has 4 heteroatoms. The number of benzene rings is 1. The van der Waals surface area contributed by atoms with Crippen LogP contribution in [0.4, 0.5) is 0 Å². The van der Waals surface area contributed by atoms with Gasteiger partial charge in [-0.2, -0.15) is 0 Å². The van der Waals surface area contributed by atoms with Crippen molar-refractivity contribution in [3.8, 4) is 5.75 Å². The van der Waals surface area contributed by atoms with Crippen molar-refractivity contribution in [1.82, 2.24) is 0 Å². The molecular weight excluding hydrogens is 208 g/mol. The van der Waals surface area contributed by atoms with Gasteiger partial charge in [-0.05, 0) is 26.0 Å². The van der Waals surface area contributed by atoms with E-state index < -0.39 is 5.97 Å². The molecule has 1 unspecified atom stereocenters. The van der Waals surface area contributed by atoms with Gasteiger partial charge in [-0.25, -0.2) is 4.79 Å². The number of para-hydroxylation sites is 1. The zero-order valence-corrected chi connectivity index (χ0v) is 9.47. The number of rotatable bonds is 6. The number of hydrogen-bond donors (Lipinski definition) is 1. The fraction of sp³-hybridized carbons (Fsp3) is 0.417. The zero-order valence-electron chi connectivity index (χ0n) is 9.47. The van der Waals surface area contributed by atoms with Gasteiger partial charge in [-0.1, -0.05) is 12.1 Å². The molecule has 0 bridgehead atoms. The molecule has 1 aromatic rings. The number of hydrogen-bond acceptors (Lipinski definition) is 3. The van der Waals surface area contributed by atoms with Gasteiger partial charge in [0.05, 0.1) is 6.61 Å². The fourth-order valence-electron chi connectivity index (χ4n) is 1.28. The van der Waals surface area contributed by atoms with Crippen LogP contribution in [0.5, 0.6) is 5.75 Å². The summed E-state index contributed by atoms with van der Waals surface area (Å²) < 4.78 is 10.7. The molecule has 4 nitrogen and oxygen atoms in total. The highest BCUT2D eigenvalue weighted by atomic mass is 16.5. The van der Waals surface area contributed by atoms with E-state index in [1.807, 2.05) is 13.8 Å². The van der Waals surface area contributed by atoms with Crippen LogP contribution < -0.4 is 4.74 Å². The molecule has 0 aromatic heterocycles. The van der Waals surface area contributed by atoms with Crippen LogP contribution in [0.2, 0.25) is 0 Å². The Morgan fingerprint density at radius 3 is 2.75 bits per heavy atom. The summed E-state index contributed by atoms with van der Waals surface area (Å²) in [5, 5.41) is 8.94. The minimum atomic E-state index is -0.987. The van der Waals surface area contributed by atoms with Gasteiger partial charge in [-0.3, -0.25) is 0 Å². The third-order valence-electron chi connectivity index (χ3n) is 2.00. The largest absolute Gasteiger partial charge is 0.487 e. The molecule has 1 N–H and O–H groups in total. The van der Waals surface area contributed by atoms with Gasteiger partial charge in [0.25, 0.3) is 0 Å². The Morgan fingerprint density at radius 2 is 2.12 bits per heavy atom. The number of carboxylic acid groups (broad SMARTS) is 1. The van der Waals surface area contributed by atoms with Crippen molar-refractivity contribution < 1.29 is 19.4 Å². The quantitative estimate of drug-likeness (QED) is 0.804. The number of aromatic carboxylic acids is 1. The van der Waals surface area contributed by atoms with Crippen molar-refractivity contribution in [3.63, 3.8) is 0 Å². The van der Waals surface area contributed by atoms with Crippen molar-refractivity contribution in [2.75, 3.05) is 13.2 Å². The summed E-state index contributed by atoms with van der Waals surface area (Å²) in [5.41, 5.74) is 0.172. The second-order valence-corrected chi connectivity index (χ2v) is 3.39. The maximum Gasteiger partial charge on any atom is 0.339 e. The first-order chi connectivity index (χ1) is 7.65. The number of ether oxygens (including phenoxy) is 2. The monoisotopic (exact) mass is 224 g/mol. The molecule has 0 fully saturated rings. The molecule has 0 aliphatic heterocycles. The van der Waals surface area contributed by atoms with Crippen LogP contribution in [0.15, 0.2) is 24.3 Å². The van der Waals surface area contributed by atoms with Gasteiger partial charge >= 0.3 is 5.97 Å². The summed E-state index contributed by atoms with van der Waals surface area (Å²) in [6, 6.07) is 6.58. The van der Waals surface area contributed by atoms with Crippen molar-refractivity contribution in [2.45, 2.75) is 20.0 Å². The maximum atomic E-state index is 10.9. The standard InChI is InChI=1S/C12H16O4/c1-3-15-8-9(2)16-11-7-5-4-6-10(11)12(13)14/h4-7,9H,3,8H2,1-2H3,(H,13,14). The van der Waals surface area contributed by atoms with Crippen LogP contribution in [0.25, 0.3) is 0 Å². The molecule has 0 aliphatic carbocycles. The lowest BCUT2D eigenvalue weighted by molar-refractivity contribution is 0.0607. The van der Waals surface area contributed by atoms with Gasteiger partial charge in [0.1, 0.15) is 17.4 Å². The molecule has 1 atom stereocenters. The van der Waals surface area contributed by atoms with E-state index in [2.05, 4.69) is 0 Å². The van der Waals surface area contributed by atoms with Gasteiger partial charge < -0.3 is 14.6 Å². The summed E-state index contributed by atoms with van der Waals surface area (Å²) in [7, 11) is 0. The predicted octanol–water partition coefficient (Wildman–Crippen LogP) is 2.19. The Kier molecular flexibility index (Phi) is 4.79. The first-order valence-corrected chi connectivity index (χ1v) is 5.21. The third-order valence-corrected chi connectivity index (χ3v) is 2.00. The minimum absolute atomic E-state index is 0.166. The first kappa shape index (κ1) is 12.5.